The lowest BCUT2D eigenvalue weighted by molar-refractivity contribution is -0.149. The minimum absolute atomic E-state index is 0.00692. The molecule has 1 aliphatic heterocycles. The van der Waals surface area contributed by atoms with Crippen LogP contribution in [0.2, 0.25) is 0 Å². The van der Waals surface area contributed by atoms with Crippen molar-refractivity contribution in [3.8, 4) is 5.75 Å². The minimum atomic E-state index is -4.51. The summed E-state index contributed by atoms with van der Waals surface area (Å²) in [6.45, 7) is 5.00. The number of anilines is 1. The van der Waals surface area contributed by atoms with Crippen LogP contribution in [0.4, 0.5) is 32.0 Å². The zero-order valence-electron chi connectivity index (χ0n) is 26.0. The van der Waals surface area contributed by atoms with Gasteiger partial charge in [-0.15, -0.1) is 0 Å². The second-order valence-electron chi connectivity index (χ2n) is 11.6. The SMILES string of the molecule is C[C@@H]1CCCCO[C@@H](CN(C)C(=O)CCC(F)(F)F)[C@@H](C)CN([C@@H](C)CO)C(=O)c2cc(NC(=O)CCC(F)(F)F)ccc2O1. The van der Waals surface area contributed by atoms with Crippen molar-refractivity contribution in [2.45, 2.75) is 96.3 Å². The predicted octanol–water partition coefficient (Wildman–Crippen LogP) is 5.56. The highest BCUT2D eigenvalue weighted by Crippen LogP contribution is 2.29. The van der Waals surface area contributed by atoms with Crippen LogP contribution in [0.3, 0.4) is 0 Å². The van der Waals surface area contributed by atoms with Crippen LogP contribution in [-0.2, 0) is 14.3 Å². The molecule has 3 amide bonds. The van der Waals surface area contributed by atoms with Crippen LogP contribution in [0, 0.1) is 5.92 Å². The molecule has 0 unspecified atom stereocenters. The van der Waals surface area contributed by atoms with E-state index in [1.165, 1.54) is 35.0 Å². The van der Waals surface area contributed by atoms with Crippen molar-refractivity contribution < 1.29 is 55.3 Å². The summed E-state index contributed by atoms with van der Waals surface area (Å²) in [6.07, 6.45) is -12.2. The van der Waals surface area contributed by atoms with Gasteiger partial charge in [-0.2, -0.15) is 26.3 Å². The van der Waals surface area contributed by atoms with Gasteiger partial charge in [0.25, 0.3) is 5.91 Å². The Balaban J connectivity index is 2.39. The first-order valence-electron chi connectivity index (χ1n) is 14.9. The third-order valence-corrected chi connectivity index (χ3v) is 7.47. The molecular formula is C30H43F6N3O6. The molecule has 0 bridgehead atoms. The summed E-state index contributed by atoms with van der Waals surface area (Å²) in [5.74, 6) is -2.47. The molecule has 0 aliphatic carbocycles. The number of halogens is 6. The summed E-state index contributed by atoms with van der Waals surface area (Å²) in [5.41, 5.74) is 0.0912. The Morgan fingerprint density at radius 2 is 1.73 bits per heavy atom. The number of carbonyl (C=O) groups excluding carboxylic acids is 3. The average Bonchev–Trinajstić information content (AvgIpc) is 2.95. The second-order valence-corrected chi connectivity index (χ2v) is 11.6. The predicted molar refractivity (Wildman–Crippen MR) is 154 cm³/mol. The Morgan fingerprint density at radius 1 is 1.09 bits per heavy atom. The van der Waals surface area contributed by atoms with Crippen LogP contribution < -0.4 is 10.1 Å². The highest BCUT2D eigenvalue weighted by atomic mass is 19.4. The first-order chi connectivity index (χ1) is 20.9. The number of alkyl halides is 6. The Kier molecular flexibility index (Phi) is 14.4. The molecule has 9 nitrogen and oxygen atoms in total. The lowest BCUT2D eigenvalue weighted by Gasteiger charge is -2.36. The molecule has 2 rings (SSSR count). The number of amides is 3. The monoisotopic (exact) mass is 655 g/mol. The van der Waals surface area contributed by atoms with Crippen molar-refractivity contribution in [3.05, 3.63) is 23.8 Å². The van der Waals surface area contributed by atoms with Crippen LogP contribution in [0.25, 0.3) is 0 Å². The third kappa shape index (κ3) is 13.4. The number of fused-ring (bicyclic) bond motifs is 1. The summed E-state index contributed by atoms with van der Waals surface area (Å²) in [7, 11) is 1.39. The van der Waals surface area contributed by atoms with E-state index in [0.29, 0.717) is 25.9 Å². The van der Waals surface area contributed by atoms with Crippen molar-refractivity contribution in [1.29, 1.82) is 0 Å². The lowest BCUT2D eigenvalue weighted by Crippen LogP contribution is -2.48. The fraction of sp³-hybridized carbons (Fsp3) is 0.700. The molecular weight excluding hydrogens is 612 g/mol. The van der Waals surface area contributed by atoms with E-state index in [4.69, 9.17) is 9.47 Å². The molecule has 0 spiro atoms. The lowest BCUT2D eigenvalue weighted by atomic mass is 10.0. The van der Waals surface area contributed by atoms with Gasteiger partial charge in [0.2, 0.25) is 11.8 Å². The number of nitrogens with zero attached hydrogens (tertiary/aromatic N) is 2. The van der Waals surface area contributed by atoms with E-state index in [1.807, 2.05) is 0 Å². The fourth-order valence-corrected chi connectivity index (χ4v) is 4.75. The zero-order chi connectivity index (χ0) is 33.9. The van der Waals surface area contributed by atoms with Crippen molar-refractivity contribution in [2.24, 2.45) is 5.92 Å². The van der Waals surface area contributed by atoms with Gasteiger partial charge in [-0.1, -0.05) is 6.92 Å². The van der Waals surface area contributed by atoms with E-state index in [-0.39, 0.29) is 36.2 Å². The minimum Gasteiger partial charge on any atom is -0.490 e. The zero-order valence-corrected chi connectivity index (χ0v) is 26.0. The quantitative estimate of drug-likeness (QED) is 0.337. The molecule has 256 valence electrons. The number of rotatable bonds is 9. The standard InChI is InChI=1S/C30H43F6N3O6/c1-19-16-39(20(2)18-40)28(43)23-15-22(37-26(41)10-12-29(31,32)33)8-9-24(23)45-21(3)7-5-6-14-44-25(19)17-38(4)27(42)11-13-30(34,35)36/h8-9,15,19-21,25,40H,5-7,10-14,16-18H2,1-4H3,(H,37,41)/t19-,20-,21+,25-/m0/s1. The molecule has 0 radical (unpaired) electrons. The Hall–Kier alpha value is -3.07. The van der Waals surface area contributed by atoms with Gasteiger partial charge in [-0.25, -0.2) is 0 Å². The van der Waals surface area contributed by atoms with E-state index in [0.717, 1.165) is 0 Å². The van der Waals surface area contributed by atoms with E-state index < -0.39 is 80.4 Å². The van der Waals surface area contributed by atoms with Crippen LogP contribution in [-0.4, -0.2) is 96.6 Å². The highest BCUT2D eigenvalue weighted by Gasteiger charge is 2.33. The molecule has 0 fully saturated rings. The summed E-state index contributed by atoms with van der Waals surface area (Å²) in [5, 5.41) is 12.4. The average molecular weight is 656 g/mol. The molecule has 1 heterocycles. The smallest absolute Gasteiger partial charge is 0.389 e. The third-order valence-electron chi connectivity index (χ3n) is 7.47. The van der Waals surface area contributed by atoms with Crippen LogP contribution in [0.1, 0.15) is 76.1 Å². The van der Waals surface area contributed by atoms with E-state index in [1.54, 1.807) is 20.8 Å². The maximum Gasteiger partial charge on any atom is 0.389 e. The molecule has 0 saturated carbocycles. The molecule has 1 aromatic carbocycles. The Morgan fingerprint density at radius 3 is 2.36 bits per heavy atom. The van der Waals surface area contributed by atoms with Crippen molar-refractivity contribution in [3.63, 3.8) is 0 Å². The molecule has 1 aromatic rings. The summed E-state index contributed by atoms with van der Waals surface area (Å²) in [6, 6.07) is 3.46. The van der Waals surface area contributed by atoms with E-state index in [9.17, 15) is 45.8 Å². The fourth-order valence-electron chi connectivity index (χ4n) is 4.75. The number of carbonyl (C=O) groups is 3. The van der Waals surface area contributed by atoms with Gasteiger partial charge in [0.15, 0.2) is 0 Å². The highest BCUT2D eigenvalue weighted by molar-refractivity contribution is 5.99. The van der Waals surface area contributed by atoms with Gasteiger partial charge >= 0.3 is 12.4 Å². The topological polar surface area (TPSA) is 108 Å². The van der Waals surface area contributed by atoms with Crippen LogP contribution >= 0.6 is 0 Å². The molecule has 0 aromatic heterocycles. The maximum atomic E-state index is 14.0. The van der Waals surface area contributed by atoms with E-state index in [2.05, 4.69) is 5.32 Å². The molecule has 4 atom stereocenters. The van der Waals surface area contributed by atoms with Crippen LogP contribution in [0.5, 0.6) is 5.75 Å². The normalized spacial score (nSPS) is 21.3. The number of aliphatic hydroxyl groups excluding tert-OH is 1. The van der Waals surface area contributed by atoms with Crippen molar-refractivity contribution in [1.82, 2.24) is 9.80 Å². The Bertz CT molecular complexity index is 1130. The van der Waals surface area contributed by atoms with E-state index >= 15 is 0 Å². The number of likely N-dealkylation sites (N-methyl/N-ethyl adjacent to an activating group) is 1. The first kappa shape index (κ1) is 38.1. The summed E-state index contributed by atoms with van der Waals surface area (Å²) < 4.78 is 88.0. The summed E-state index contributed by atoms with van der Waals surface area (Å²) in [4.78, 5) is 41.2. The first-order valence-corrected chi connectivity index (χ1v) is 14.9. The number of hydrogen-bond acceptors (Lipinski definition) is 6. The van der Waals surface area contributed by atoms with Gasteiger partial charge in [-0.05, 0) is 51.3 Å². The Labute approximate surface area is 259 Å². The number of aliphatic hydroxyl groups is 1. The second kappa shape index (κ2) is 17.0. The number of hydrogen-bond donors (Lipinski definition) is 2. The van der Waals surface area contributed by atoms with Gasteiger partial charge in [0.1, 0.15) is 5.75 Å². The molecule has 15 heteroatoms. The van der Waals surface area contributed by atoms with Gasteiger partial charge in [0.05, 0.1) is 43.3 Å². The molecule has 45 heavy (non-hydrogen) atoms. The molecule has 1 aliphatic rings. The number of ether oxygens (including phenoxy) is 2. The largest absolute Gasteiger partial charge is 0.490 e. The molecule has 0 saturated heterocycles. The van der Waals surface area contributed by atoms with Crippen molar-refractivity contribution in [2.75, 3.05) is 38.7 Å². The van der Waals surface area contributed by atoms with Gasteiger partial charge < -0.3 is 29.7 Å². The van der Waals surface area contributed by atoms with Gasteiger partial charge in [0, 0.05) is 51.2 Å². The number of nitrogens with one attached hydrogen (secondary N) is 1. The maximum absolute atomic E-state index is 14.0. The van der Waals surface area contributed by atoms with Crippen LogP contribution in [0.15, 0.2) is 18.2 Å². The van der Waals surface area contributed by atoms with Gasteiger partial charge in [-0.3, -0.25) is 14.4 Å². The molecule has 2 N–H and O–H groups in total. The summed E-state index contributed by atoms with van der Waals surface area (Å²) >= 11 is 0. The van der Waals surface area contributed by atoms with Crippen molar-refractivity contribution >= 4 is 23.4 Å². The number of benzene rings is 1.